The molecule has 2 fully saturated rings. The third kappa shape index (κ3) is 3.63. The molecule has 4 atom stereocenters. The summed E-state index contributed by atoms with van der Waals surface area (Å²) in [6.45, 7) is 4.07. The summed E-state index contributed by atoms with van der Waals surface area (Å²) in [7, 11) is 0. The molecule has 2 saturated carbocycles. The molecule has 3 aromatic rings. The highest BCUT2D eigenvalue weighted by Crippen LogP contribution is 2.52. The molecule has 2 heteroatoms. The maximum Gasteiger partial charge on any atom is 0.166 e. The smallest absolute Gasteiger partial charge is 0.166 e. The largest absolute Gasteiger partial charge is 0.294 e. The van der Waals surface area contributed by atoms with E-state index in [1.807, 2.05) is 62.4 Å². The summed E-state index contributed by atoms with van der Waals surface area (Å²) in [5, 5.41) is 0. The predicted octanol–water partition coefficient (Wildman–Crippen LogP) is 6.28. The first-order chi connectivity index (χ1) is 14.5. The van der Waals surface area contributed by atoms with Gasteiger partial charge in [0.2, 0.25) is 0 Å². The molecule has 0 unspecified atom stereocenters. The van der Waals surface area contributed by atoms with E-state index in [-0.39, 0.29) is 23.4 Å². The molecule has 2 aliphatic rings. The maximum absolute atomic E-state index is 12.7. The first-order valence-corrected chi connectivity index (χ1v) is 10.8. The van der Waals surface area contributed by atoms with Crippen LogP contribution < -0.4 is 0 Å². The molecule has 0 N–H and O–H groups in total. The average Bonchev–Trinajstić information content (AvgIpc) is 3.68. The van der Waals surface area contributed by atoms with Gasteiger partial charge in [-0.2, -0.15) is 0 Å². The van der Waals surface area contributed by atoms with Gasteiger partial charge in [-0.25, -0.2) is 0 Å². The van der Waals surface area contributed by atoms with Crippen LogP contribution in [-0.4, -0.2) is 11.6 Å². The standard InChI is InChI=1S/C28H26O2/c1-17-3-7-21(8-4-17)27(29)25-15-23(25)19-11-13-20(14-12-19)24-16-26(24)28(30)22-9-5-18(2)6-10-22/h3-14,23-26H,15-16H2,1-2H3/t23-,24+,25+,26-. The van der Waals surface area contributed by atoms with Gasteiger partial charge in [-0.3, -0.25) is 9.59 Å². The van der Waals surface area contributed by atoms with E-state index < -0.39 is 0 Å². The molecule has 2 aliphatic carbocycles. The Morgan fingerprint density at radius 2 is 0.900 bits per heavy atom. The lowest BCUT2D eigenvalue weighted by atomic mass is 9.99. The van der Waals surface area contributed by atoms with Crippen molar-refractivity contribution in [3.63, 3.8) is 0 Å². The van der Waals surface area contributed by atoms with Crippen molar-refractivity contribution >= 4 is 11.6 Å². The highest BCUT2D eigenvalue weighted by Gasteiger charge is 2.45. The summed E-state index contributed by atoms with van der Waals surface area (Å²) in [4.78, 5) is 25.4. The summed E-state index contributed by atoms with van der Waals surface area (Å²) in [6, 6.07) is 24.4. The number of aryl methyl sites for hydroxylation is 2. The van der Waals surface area contributed by atoms with Crippen LogP contribution in [0.3, 0.4) is 0 Å². The number of hydrogen-bond donors (Lipinski definition) is 0. The fourth-order valence-corrected chi connectivity index (χ4v) is 4.56. The molecule has 30 heavy (non-hydrogen) atoms. The Bertz CT molecular complexity index is 1000. The Hall–Kier alpha value is -3.00. The van der Waals surface area contributed by atoms with E-state index in [1.54, 1.807) is 0 Å². The zero-order chi connectivity index (χ0) is 20.8. The molecular weight excluding hydrogens is 368 g/mol. The van der Waals surface area contributed by atoms with Crippen LogP contribution in [0.15, 0.2) is 72.8 Å². The molecule has 0 spiro atoms. The number of hydrogen-bond acceptors (Lipinski definition) is 2. The summed E-state index contributed by atoms with van der Waals surface area (Å²) >= 11 is 0. The Balaban J connectivity index is 1.22. The monoisotopic (exact) mass is 394 g/mol. The van der Waals surface area contributed by atoms with Gasteiger partial charge in [0.1, 0.15) is 0 Å². The van der Waals surface area contributed by atoms with E-state index in [0.717, 1.165) is 24.0 Å². The number of ketones is 2. The van der Waals surface area contributed by atoms with Crippen LogP contribution in [0.4, 0.5) is 0 Å². The van der Waals surface area contributed by atoms with Gasteiger partial charge in [-0.15, -0.1) is 0 Å². The zero-order valence-electron chi connectivity index (χ0n) is 17.5. The predicted molar refractivity (Wildman–Crippen MR) is 119 cm³/mol. The van der Waals surface area contributed by atoms with Gasteiger partial charge in [-0.1, -0.05) is 83.9 Å². The van der Waals surface area contributed by atoms with Crippen molar-refractivity contribution in [1.82, 2.24) is 0 Å². The molecule has 0 bridgehead atoms. The quantitative estimate of drug-likeness (QED) is 0.461. The number of Topliss-reactive ketones (excluding diaryl/α,β-unsaturated/α-hetero) is 2. The van der Waals surface area contributed by atoms with E-state index in [1.165, 1.54) is 22.3 Å². The lowest BCUT2D eigenvalue weighted by molar-refractivity contribution is 0.0957. The Kier molecular flexibility index (Phi) is 4.66. The number of carbonyl (C=O) groups is 2. The SMILES string of the molecule is Cc1ccc(C(=O)[C@H]2C[C@@H]2c2ccc([C@@H]3C[C@H]3C(=O)c3ccc(C)cc3)cc2)cc1. The summed E-state index contributed by atoms with van der Waals surface area (Å²) in [5.74, 6) is 1.39. The van der Waals surface area contributed by atoms with E-state index in [2.05, 4.69) is 24.3 Å². The summed E-state index contributed by atoms with van der Waals surface area (Å²) < 4.78 is 0. The highest BCUT2D eigenvalue weighted by atomic mass is 16.1. The molecule has 0 heterocycles. The van der Waals surface area contributed by atoms with Crippen LogP contribution in [0.1, 0.15) is 67.6 Å². The molecule has 0 amide bonds. The van der Waals surface area contributed by atoms with Crippen molar-refractivity contribution in [2.75, 3.05) is 0 Å². The van der Waals surface area contributed by atoms with Gasteiger partial charge < -0.3 is 0 Å². The van der Waals surface area contributed by atoms with Crippen LogP contribution in [0.25, 0.3) is 0 Å². The van der Waals surface area contributed by atoms with Crippen molar-refractivity contribution < 1.29 is 9.59 Å². The van der Waals surface area contributed by atoms with Crippen molar-refractivity contribution in [3.8, 4) is 0 Å². The molecule has 2 nitrogen and oxygen atoms in total. The average molecular weight is 395 g/mol. The molecule has 5 rings (SSSR count). The van der Waals surface area contributed by atoms with Gasteiger partial charge in [-0.05, 0) is 49.7 Å². The van der Waals surface area contributed by atoms with E-state index >= 15 is 0 Å². The second-order valence-corrected chi connectivity index (χ2v) is 9.02. The second kappa shape index (κ2) is 7.36. The lowest BCUT2D eigenvalue weighted by Crippen LogP contribution is -2.03. The van der Waals surface area contributed by atoms with E-state index in [0.29, 0.717) is 11.8 Å². The van der Waals surface area contributed by atoms with Crippen molar-refractivity contribution in [2.45, 2.75) is 38.5 Å². The summed E-state index contributed by atoms with van der Waals surface area (Å²) in [6.07, 6.45) is 1.87. The van der Waals surface area contributed by atoms with E-state index in [4.69, 9.17) is 0 Å². The minimum absolute atomic E-state index is 0.107. The fraction of sp³-hybridized carbons (Fsp3) is 0.286. The Morgan fingerprint density at radius 3 is 1.23 bits per heavy atom. The Morgan fingerprint density at radius 1 is 0.567 bits per heavy atom. The maximum atomic E-state index is 12.7. The first-order valence-electron chi connectivity index (χ1n) is 10.8. The number of benzene rings is 3. The molecule has 0 radical (unpaired) electrons. The van der Waals surface area contributed by atoms with Crippen LogP contribution >= 0.6 is 0 Å². The van der Waals surface area contributed by atoms with Gasteiger partial charge in [0.25, 0.3) is 0 Å². The topological polar surface area (TPSA) is 34.1 Å². The van der Waals surface area contributed by atoms with Crippen LogP contribution in [0.5, 0.6) is 0 Å². The third-order valence-corrected chi connectivity index (χ3v) is 6.72. The number of carbonyl (C=O) groups excluding carboxylic acids is 2. The van der Waals surface area contributed by atoms with Gasteiger partial charge >= 0.3 is 0 Å². The molecule has 150 valence electrons. The van der Waals surface area contributed by atoms with Crippen LogP contribution in [0, 0.1) is 25.7 Å². The third-order valence-electron chi connectivity index (χ3n) is 6.72. The van der Waals surface area contributed by atoms with Crippen LogP contribution in [-0.2, 0) is 0 Å². The first kappa shape index (κ1) is 19.0. The van der Waals surface area contributed by atoms with Crippen molar-refractivity contribution in [2.24, 2.45) is 11.8 Å². The van der Waals surface area contributed by atoms with Gasteiger partial charge in [0.05, 0.1) is 0 Å². The molecule has 0 aromatic heterocycles. The van der Waals surface area contributed by atoms with Gasteiger partial charge in [0.15, 0.2) is 11.6 Å². The Labute approximate surface area is 178 Å². The van der Waals surface area contributed by atoms with Crippen LogP contribution in [0.2, 0.25) is 0 Å². The molecular formula is C28H26O2. The lowest BCUT2D eigenvalue weighted by Gasteiger charge is -2.05. The van der Waals surface area contributed by atoms with Gasteiger partial charge in [0, 0.05) is 23.0 Å². The second-order valence-electron chi connectivity index (χ2n) is 9.02. The molecule has 0 saturated heterocycles. The highest BCUT2D eigenvalue weighted by molar-refractivity contribution is 6.01. The minimum atomic E-state index is 0.107. The van der Waals surface area contributed by atoms with Crippen molar-refractivity contribution in [1.29, 1.82) is 0 Å². The molecule has 3 aromatic carbocycles. The summed E-state index contributed by atoms with van der Waals surface area (Å²) in [5.41, 5.74) is 6.47. The van der Waals surface area contributed by atoms with Crippen molar-refractivity contribution in [3.05, 3.63) is 106 Å². The zero-order valence-corrected chi connectivity index (χ0v) is 17.5. The number of rotatable bonds is 6. The van der Waals surface area contributed by atoms with E-state index in [9.17, 15) is 9.59 Å². The normalized spacial score (nSPS) is 24.3. The minimum Gasteiger partial charge on any atom is -0.294 e. The molecule has 0 aliphatic heterocycles. The fourth-order valence-electron chi connectivity index (χ4n) is 4.56.